The molecule has 2 aromatic carbocycles. The highest BCUT2D eigenvalue weighted by molar-refractivity contribution is 6.32. The molecule has 1 N–H and O–H groups in total. The normalized spacial score (nSPS) is 14.5. The van der Waals surface area contributed by atoms with Crippen LogP contribution in [-0.4, -0.2) is 26.3 Å². The number of fused-ring (bicyclic) bond motifs is 1. The molecule has 0 saturated heterocycles. The molecule has 1 aliphatic heterocycles. The smallest absolute Gasteiger partial charge is 0.217 e. The molecule has 122 valence electrons. The first-order chi connectivity index (χ1) is 11.7. The largest absolute Gasteiger partial charge is 0.493 e. The molecule has 0 atom stereocenters. The van der Waals surface area contributed by atoms with E-state index in [1.807, 2.05) is 24.3 Å². The Labute approximate surface area is 145 Å². The second-order valence-electron chi connectivity index (χ2n) is 6.06. The zero-order valence-corrected chi connectivity index (χ0v) is 13.9. The second-order valence-corrected chi connectivity index (χ2v) is 6.47. The van der Waals surface area contributed by atoms with Gasteiger partial charge in [0, 0.05) is 25.2 Å². The van der Waals surface area contributed by atoms with Crippen molar-refractivity contribution >= 4 is 11.6 Å². The Morgan fingerprint density at radius 3 is 2.58 bits per heavy atom. The van der Waals surface area contributed by atoms with Gasteiger partial charge in [0.25, 0.3) is 0 Å². The van der Waals surface area contributed by atoms with Crippen molar-refractivity contribution in [1.82, 2.24) is 14.7 Å². The number of hydrogen-bond acceptors (Lipinski definition) is 3. The van der Waals surface area contributed by atoms with Crippen LogP contribution in [0.4, 0.5) is 0 Å². The molecule has 0 saturated carbocycles. The molecule has 24 heavy (non-hydrogen) atoms. The van der Waals surface area contributed by atoms with Crippen LogP contribution in [0, 0.1) is 0 Å². The molecule has 4 nitrogen and oxygen atoms in total. The first kappa shape index (κ1) is 15.2. The topological polar surface area (TPSA) is 41.3 Å². The minimum absolute atomic E-state index is 0.206. The van der Waals surface area contributed by atoms with Gasteiger partial charge in [-0.25, -0.2) is 0 Å². The maximum absolute atomic E-state index is 10.6. The Hall–Kier alpha value is -2.30. The van der Waals surface area contributed by atoms with Crippen molar-refractivity contribution in [3.8, 4) is 11.6 Å². The minimum atomic E-state index is 0.206. The number of aromatic nitrogens is 2. The molecule has 3 aromatic rings. The Kier molecular flexibility index (Phi) is 4.00. The molecule has 0 unspecified atom stereocenters. The Bertz CT molecular complexity index is 860. The van der Waals surface area contributed by atoms with E-state index < -0.39 is 0 Å². The molecule has 0 amide bonds. The molecule has 0 fully saturated rings. The molecule has 2 heterocycles. The van der Waals surface area contributed by atoms with Crippen LogP contribution in [0.3, 0.4) is 0 Å². The fourth-order valence-corrected chi connectivity index (χ4v) is 3.41. The van der Waals surface area contributed by atoms with Gasteiger partial charge in [0.15, 0.2) is 0 Å². The molecule has 0 spiro atoms. The average molecular weight is 340 g/mol. The number of rotatable bonds is 3. The van der Waals surface area contributed by atoms with Crippen molar-refractivity contribution in [2.24, 2.45) is 0 Å². The summed E-state index contributed by atoms with van der Waals surface area (Å²) >= 11 is 6.25. The molecular formula is C19H18ClN3O. The number of hydrogen-bond donors (Lipinski definition) is 1. The zero-order valence-electron chi connectivity index (χ0n) is 13.2. The first-order valence-electron chi connectivity index (χ1n) is 8.03. The molecular weight excluding hydrogens is 322 g/mol. The van der Waals surface area contributed by atoms with E-state index >= 15 is 0 Å². The van der Waals surface area contributed by atoms with Gasteiger partial charge < -0.3 is 5.11 Å². The van der Waals surface area contributed by atoms with E-state index in [9.17, 15) is 5.11 Å². The lowest BCUT2D eigenvalue weighted by molar-refractivity contribution is 0.241. The quantitative estimate of drug-likeness (QED) is 0.789. The standard InChI is InChI=1S/C19H18ClN3O/c20-16-8-4-5-9-18(16)23-19(24)15-10-11-22(13-17(15)21-23)12-14-6-2-1-3-7-14/h1-9,24H,10-13H2. The molecule has 1 aliphatic rings. The summed E-state index contributed by atoms with van der Waals surface area (Å²) < 4.78 is 1.55. The summed E-state index contributed by atoms with van der Waals surface area (Å²) in [5.74, 6) is 0.206. The average Bonchev–Trinajstić information content (AvgIpc) is 2.92. The maximum atomic E-state index is 10.6. The molecule has 0 radical (unpaired) electrons. The summed E-state index contributed by atoms with van der Waals surface area (Å²) in [6.45, 7) is 2.53. The SMILES string of the molecule is Oc1c2c(nn1-c1ccccc1Cl)CN(Cc1ccccc1)CC2. The van der Waals surface area contributed by atoms with E-state index in [2.05, 4.69) is 34.3 Å². The Balaban J connectivity index is 1.61. The molecule has 5 heteroatoms. The number of aromatic hydroxyl groups is 1. The minimum Gasteiger partial charge on any atom is -0.493 e. The fraction of sp³-hybridized carbons (Fsp3) is 0.211. The number of halogens is 1. The van der Waals surface area contributed by atoms with Gasteiger partial charge in [-0.3, -0.25) is 4.90 Å². The summed E-state index contributed by atoms with van der Waals surface area (Å²) in [6.07, 6.45) is 0.790. The van der Waals surface area contributed by atoms with Crippen molar-refractivity contribution in [2.45, 2.75) is 19.5 Å². The summed E-state index contributed by atoms with van der Waals surface area (Å²) in [6, 6.07) is 17.8. The van der Waals surface area contributed by atoms with E-state index in [0.29, 0.717) is 10.7 Å². The monoisotopic (exact) mass is 339 g/mol. The highest BCUT2D eigenvalue weighted by atomic mass is 35.5. The summed E-state index contributed by atoms with van der Waals surface area (Å²) in [5, 5.41) is 15.7. The van der Waals surface area contributed by atoms with Crippen LogP contribution < -0.4 is 0 Å². The molecule has 0 aliphatic carbocycles. The van der Waals surface area contributed by atoms with Crippen LogP contribution in [0.2, 0.25) is 5.02 Å². The van der Waals surface area contributed by atoms with Crippen LogP contribution in [0.1, 0.15) is 16.8 Å². The van der Waals surface area contributed by atoms with Gasteiger partial charge in [0.1, 0.15) is 0 Å². The van der Waals surface area contributed by atoms with Gasteiger partial charge >= 0.3 is 0 Å². The van der Waals surface area contributed by atoms with Gasteiger partial charge in [-0.15, -0.1) is 0 Å². The zero-order chi connectivity index (χ0) is 16.5. The lowest BCUT2D eigenvalue weighted by Crippen LogP contribution is -2.29. The third-order valence-electron chi connectivity index (χ3n) is 4.42. The third kappa shape index (κ3) is 2.79. The maximum Gasteiger partial charge on any atom is 0.217 e. The first-order valence-corrected chi connectivity index (χ1v) is 8.41. The number of benzene rings is 2. The van der Waals surface area contributed by atoms with Crippen molar-refractivity contribution in [1.29, 1.82) is 0 Å². The number of para-hydroxylation sites is 1. The lowest BCUT2D eigenvalue weighted by atomic mass is 10.1. The summed E-state index contributed by atoms with van der Waals surface area (Å²) in [5.41, 5.74) is 3.85. The van der Waals surface area contributed by atoms with Gasteiger partial charge in [0.2, 0.25) is 5.88 Å². The van der Waals surface area contributed by atoms with Crippen LogP contribution >= 0.6 is 11.6 Å². The lowest BCUT2D eigenvalue weighted by Gasteiger charge is -2.25. The number of nitrogens with zero attached hydrogens (tertiary/aromatic N) is 3. The van der Waals surface area contributed by atoms with Gasteiger partial charge in [-0.1, -0.05) is 54.1 Å². The van der Waals surface area contributed by atoms with Crippen LogP contribution in [0.5, 0.6) is 5.88 Å². The fourth-order valence-electron chi connectivity index (χ4n) is 3.20. The highest BCUT2D eigenvalue weighted by Crippen LogP contribution is 2.32. The van der Waals surface area contributed by atoms with Gasteiger partial charge in [-0.2, -0.15) is 9.78 Å². The van der Waals surface area contributed by atoms with Crippen molar-refractivity contribution in [3.05, 3.63) is 76.4 Å². The third-order valence-corrected chi connectivity index (χ3v) is 4.74. The van der Waals surface area contributed by atoms with E-state index in [4.69, 9.17) is 11.6 Å². The van der Waals surface area contributed by atoms with Crippen LogP contribution in [0.25, 0.3) is 5.69 Å². The van der Waals surface area contributed by atoms with Gasteiger partial charge in [0.05, 0.1) is 16.4 Å². The van der Waals surface area contributed by atoms with E-state index in [0.717, 1.165) is 37.3 Å². The molecule has 0 bridgehead atoms. The molecule has 1 aromatic heterocycles. The van der Waals surface area contributed by atoms with Gasteiger partial charge in [-0.05, 0) is 24.1 Å². The molecule has 4 rings (SSSR count). The van der Waals surface area contributed by atoms with Crippen LogP contribution in [-0.2, 0) is 19.5 Å². The van der Waals surface area contributed by atoms with Crippen molar-refractivity contribution in [3.63, 3.8) is 0 Å². The predicted molar refractivity (Wildman–Crippen MR) is 94.5 cm³/mol. The van der Waals surface area contributed by atoms with Crippen molar-refractivity contribution in [2.75, 3.05) is 6.54 Å². The summed E-state index contributed by atoms with van der Waals surface area (Å²) in [7, 11) is 0. The van der Waals surface area contributed by atoms with Crippen LogP contribution in [0.15, 0.2) is 54.6 Å². The highest BCUT2D eigenvalue weighted by Gasteiger charge is 2.25. The Morgan fingerprint density at radius 1 is 1.04 bits per heavy atom. The van der Waals surface area contributed by atoms with E-state index in [-0.39, 0.29) is 5.88 Å². The predicted octanol–water partition coefficient (Wildman–Crippen LogP) is 3.79. The second kappa shape index (κ2) is 6.30. The summed E-state index contributed by atoms with van der Waals surface area (Å²) in [4.78, 5) is 2.35. The van der Waals surface area contributed by atoms with E-state index in [1.165, 1.54) is 5.56 Å². The van der Waals surface area contributed by atoms with Crippen molar-refractivity contribution < 1.29 is 5.11 Å². The van der Waals surface area contributed by atoms with E-state index in [1.54, 1.807) is 10.7 Å². The Morgan fingerprint density at radius 2 is 1.79 bits per heavy atom.